The molecule has 8 nitrogen and oxygen atoms in total. The molecule has 37 heavy (non-hydrogen) atoms. The highest BCUT2D eigenvalue weighted by molar-refractivity contribution is 6.16. The van der Waals surface area contributed by atoms with E-state index in [9.17, 15) is 4.79 Å². The van der Waals surface area contributed by atoms with Crippen LogP contribution in [0.2, 0.25) is 0 Å². The van der Waals surface area contributed by atoms with Crippen LogP contribution in [-0.2, 0) is 13.1 Å². The lowest BCUT2D eigenvalue weighted by Gasteiger charge is -2.30. The van der Waals surface area contributed by atoms with Crippen LogP contribution in [0.4, 0.5) is 0 Å². The number of allylic oxidation sites excluding steroid dienone is 1. The zero-order valence-corrected chi connectivity index (χ0v) is 21.5. The number of fused-ring (bicyclic) bond motifs is 3. The van der Waals surface area contributed by atoms with Crippen molar-refractivity contribution in [3.05, 3.63) is 76.0 Å². The second-order valence-electron chi connectivity index (χ2n) is 8.88. The molecule has 0 atom stereocenters. The van der Waals surface area contributed by atoms with Crippen LogP contribution in [0, 0.1) is 6.92 Å². The summed E-state index contributed by atoms with van der Waals surface area (Å²) in [7, 11) is 6.30. The quantitative estimate of drug-likeness (QED) is 0.417. The fourth-order valence-electron chi connectivity index (χ4n) is 4.70. The van der Waals surface area contributed by atoms with E-state index in [1.165, 1.54) is 0 Å². The molecule has 0 bridgehead atoms. The van der Waals surface area contributed by atoms with Crippen LogP contribution < -0.4 is 28.4 Å². The van der Waals surface area contributed by atoms with Crippen molar-refractivity contribution in [1.29, 1.82) is 0 Å². The molecule has 3 aromatic carbocycles. The molecule has 2 aliphatic rings. The summed E-state index contributed by atoms with van der Waals surface area (Å²) >= 11 is 0. The smallest absolute Gasteiger partial charge is 0.232 e. The normalized spacial score (nSPS) is 15.5. The van der Waals surface area contributed by atoms with Crippen LogP contribution in [0.5, 0.6) is 34.5 Å². The van der Waals surface area contributed by atoms with E-state index >= 15 is 0 Å². The lowest BCUT2D eigenvalue weighted by Crippen LogP contribution is -2.31. The maximum absolute atomic E-state index is 13.4. The van der Waals surface area contributed by atoms with E-state index in [-0.39, 0.29) is 11.5 Å². The van der Waals surface area contributed by atoms with Gasteiger partial charge in [-0.1, -0.05) is 12.1 Å². The molecule has 5 rings (SSSR count). The van der Waals surface area contributed by atoms with Crippen molar-refractivity contribution < 1.29 is 33.2 Å². The van der Waals surface area contributed by atoms with Crippen LogP contribution in [0.25, 0.3) is 6.08 Å². The molecule has 0 spiro atoms. The molecule has 0 unspecified atom stereocenters. The number of ether oxygens (including phenoxy) is 6. The maximum atomic E-state index is 13.4. The van der Waals surface area contributed by atoms with E-state index in [1.54, 1.807) is 46.6 Å². The molecule has 8 heteroatoms. The van der Waals surface area contributed by atoms with Crippen LogP contribution in [0.3, 0.4) is 0 Å². The topological polar surface area (TPSA) is 75.7 Å². The Hall–Kier alpha value is -4.17. The van der Waals surface area contributed by atoms with Gasteiger partial charge < -0.3 is 28.4 Å². The van der Waals surface area contributed by atoms with E-state index < -0.39 is 0 Å². The minimum Gasteiger partial charge on any atom is -0.497 e. The van der Waals surface area contributed by atoms with Gasteiger partial charge in [0.1, 0.15) is 24.0 Å². The van der Waals surface area contributed by atoms with Crippen molar-refractivity contribution >= 4 is 11.9 Å². The first-order chi connectivity index (χ1) is 17.9. The average Bonchev–Trinajstić information content (AvgIpc) is 3.25. The molecule has 0 aliphatic carbocycles. The van der Waals surface area contributed by atoms with Gasteiger partial charge in [-0.25, -0.2) is 0 Å². The van der Waals surface area contributed by atoms with E-state index in [1.807, 2.05) is 37.3 Å². The molecule has 0 aromatic heterocycles. The molecule has 0 N–H and O–H groups in total. The number of hydrogen-bond acceptors (Lipinski definition) is 8. The second kappa shape index (κ2) is 10.1. The number of carbonyl (C=O) groups excluding carboxylic acids is 1. The van der Waals surface area contributed by atoms with Crippen molar-refractivity contribution in [3.8, 4) is 34.5 Å². The third-order valence-corrected chi connectivity index (χ3v) is 6.54. The number of Topliss-reactive ketones (excluding diaryl/α,β-unsaturated/α-hetero) is 1. The Balaban J connectivity index is 1.45. The maximum Gasteiger partial charge on any atom is 0.232 e. The van der Waals surface area contributed by atoms with Crippen molar-refractivity contribution in [2.75, 3.05) is 35.2 Å². The fraction of sp³-hybridized carbons (Fsp3) is 0.276. The third-order valence-electron chi connectivity index (χ3n) is 6.54. The van der Waals surface area contributed by atoms with Gasteiger partial charge in [0.05, 0.1) is 39.6 Å². The largest absolute Gasteiger partial charge is 0.497 e. The van der Waals surface area contributed by atoms with E-state index in [4.69, 9.17) is 28.4 Å². The predicted octanol–water partition coefficient (Wildman–Crippen LogP) is 5.00. The number of hydrogen-bond donors (Lipinski definition) is 0. The molecule has 0 saturated heterocycles. The first kappa shape index (κ1) is 24.5. The van der Waals surface area contributed by atoms with Crippen molar-refractivity contribution in [2.24, 2.45) is 0 Å². The number of nitrogens with zero attached hydrogens (tertiary/aromatic N) is 1. The highest BCUT2D eigenvalue weighted by Gasteiger charge is 2.35. The van der Waals surface area contributed by atoms with Gasteiger partial charge in [-0.3, -0.25) is 9.69 Å². The number of carbonyl (C=O) groups is 1. The molecule has 2 heterocycles. The Morgan fingerprint density at radius 1 is 0.946 bits per heavy atom. The highest BCUT2D eigenvalue weighted by Crippen LogP contribution is 2.45. The molecule has 0 radical (unpaired) electrons. The van der Waals surface area contributed by atoms with E-state index in [0.717, 1.165) is 28.2 Å². The summed E-state index contributed by atoms with van der Waals surface area (Å²) in [6.45, 7) is 3.62. The van der Waals surface area contributed by atoms with Gasteiger partial charge in [0.2, 0.25) is 11.5 Å². The summed E-state index contributed by atoms with van der Waals surface area (Å²) in [5.74, 6) is 3.64. The molecular formula is C29H29NO7. The number of benzene rings is 3. The lowest BCUT2D eigenvalue weighted by molar-refractivity contribution is 0.0872. The van der Waals surface area contributed by atoms with Crippen molar-refractivity contribution in [3.63, 3.8) is 0 Å². The minimum absolute atomic E-state index is 0.170. The third kappa shape index (κ3) is 4.56. The highest BCUT2D eigenvalue weighted by atomic mass is 16.5. The van der Waals surface area contributed by atoms with Crippen LogP contribution in [-0.4, -0.2) is 45.9 Å². The van der Waals surface area contributed by atoms with Gasteiger partial charge in [-0.15, -0.1) is 0 Å². The second-order valence-corrected chi connectivity index (χ2v) is 8.88. The average molecular weight is 504 g/mol. The summed E-state index contributed by atoms with van der Waals surface area (Å²) in [4.78, 5) is 15.6. The van der Waals surface area contributed by atoms with Crippen molar-refractivity contribution in [1.82, 2.24) is 4.90 Å². The van der Waals surface area contributed by atoms with Crippen molar-refractivity contribution in [2.45, 2.75) is 20.0 Å². The summed E-state index contributed by atoms with van der Waals surface area (Å²) in [5, 5.41) is 0. The van der Waals surface area contributed by atoms with Gasteiger partial charge in [0.25, 0.3) is 0 Å². The molecule has 192 valence electrons. The predicted molar refractivity (Wildman–Crippen MR) is 138 cm³/mol. The summed E-state index contributed by atoms with van der Waals surface area (Å²) in [5.41, 5.74) is 4.07. The van der Waals surface area contributed by atoms with E-state index in [0.29, 0.717) is 53.9 Å². The molecule has 2 aliphatic heterocycles. The fourth-order valence-corrected chi connectivity index (χ4v) is 4.70. The van der Waals surface area contributed by atoms with Crippen LogP contribution >= 0.6 is 0 Å². The Labute approximate surface area is 215 Å². The summed E-state index contributed by atoms with van der Waals surface area (Å²) in [6.07, 6.45) is 1.69. The number of aryl methyl sites for hydroxylation is 1. The Morgan fingerprint density at radius 2 is 1.65 bits per heavy atom. The molecular weight excluding hydrogens is 474 g/mol. The first-order valence-electron chi connectivity index (χ1n) is 11.8. The summed E-state index contributed by atoms with van der Waals surface area (Å²) < 4.78 is 33.8. The zero-order valence-electron chi connectivity index (χ0n) is 21.5. The van der Waals surface area contributed by atoms with Gasteiger partial charge in [0, 0.05) is 13.1 Å². The van der Waals surface area contributed by atoms with Gasteiger partial charge >= 0.3 is 0 Å². The minimum atomic E-state index is -0.170. The lowest BCUT2D eigenvalue weighted by atomic mass is 9.98. The van der Waals surface area contributed by atoms with E-state index in [2.05, 4.69) is 4.90 Å². The number of ketones is 1. The number of methoxy groups -OCH3 is 4. The standard InChI is InChI=1S/C29H29NO7/c1-17-10-22-21(15-30(16-36-22)14-18-6-8-20(32-2)9-7-18)28-26(17)27(31)23(37-28)11-19-12-24(33-3)29(35-5)25(13-19)34-4/h6-13H,14-16H2,1-5H3/b23-11-. The van der Waals surface area contributed by atoms with Crippen LogP contribution in [0.1, 0.15) is 32.6 Å². The van der Waals surface area contributed by atoms with Gasteiger partial charge in [0.15, 0.2) is 17.3 Å². The van der Waals surface area contributed by atoms with Gasteiger partial charge in [-0.05, 0) is 60.0 Å². The van der Waals surface area contributed by atoms with Crippen LogP contribution in [0.15, 0.2) is 48.2 Å². The molecule has 3 aromatic rings. The Kier molecular flexibility index (Phi) is 6.67. The first-order valence-corrected chi connectivity index (χ1v) is 11.8. The Bertz CT molecular complexity index is 1350. The summed E-state index contributed by atoms with van der Waals surface area (Å²) in [6, 6.07) is 13.4. The molecule has 0 saturated carbocycles. The number of rotatable bonds is 7. The molecule has 0 fully saturated rings. The molecule has 0 amide bonds. The zero-order chi connectivity index (χ0) is 26.1. The monoisotopic (exact) mass is 503 g/mol. The van der Waals surface area contributed by atoms with Gasteiger partial charge in [-0.2, -0.15) is 0 Å². The Morgan fingerprint density at radius 3 is 2.27 bits per heavy atom. The SMILES string of the molecule is COc1ccc(CN2COc3cc(C)c4c(c3C2)O/C(=C\c2cc(OC)c(OC)c(OC)c2)C4=O)cc1.